The van der Waals surface area contributed by atoms with Crippen molar-refractivity contribution in [2.24, 2.45) is 0 Å². The molecule has 1 atom stereocenters. The lowest BCUT2D eigenvalue weighted by atomic mass is 10.2. The van der Waals surface area contributed by atoms with Crippen LogP contribution in [0.2, 0.25) is 5.02 Å². The molecule has 0 spiro atoms. The highest BCUT2D eigenvalue weighted by molar-refractivity contribution is 7.89. The molecule has 1 aromatic rings. The Morgan fingerprint density at radius 1 is 1.33 bits per heavy atom. The molecule has 4 nitrogen and oxygen atoms in total. The maximum absolute atomic E-state index is 12.4. The second-order valence-electron chi connectivity index (χ2n) is 4.65. The first-order chi connectivity index (χ1) is 8.41. The fraction of sp³-hybridized carbons (Fsp3) is 0.500. The van der Waals surface area contributed by atoms with Gasteiger partial charge < -0.3 is 4.90 Å². The third-order valence-electron chi connectivity index (χ3n) is 3.36. The maximum Gasteiger partial charge on any atom is 0.243 e. The number of likely N-dealkylation sites (N-methyl/N-ethyl adjacent to an activating group) is 1. The van der Waals surface area contributed by atoms with Crippen LogP contribution in [0.4, 0.5) is 0 Å². The molecule has 1 unspecified atom stereocenters. The van der Waals surface area contributed by atoms with E-state index in [9.17, 15) is 8.42 Å². The number of halogens is 1. The Hall–Kier alpha value is -0.620. The monoisotopic (exact) mass is 288 g/mol. The van der Waals surface area contributed by atoms with Gasteiger partial charge in [0.1, 0.15) is 0 Å². The van der Waals surface area contributed by atoms with E-state index in [2.05, 4.69) is 4.90 Å². The van der Waals surface area contributed by atoms with Crippen molar-refractivity contribution in [1.29, 1.82) is 0 Å². The Balaban J connectivity index is 2.27. The van der Waals surface area contributed by atoms with E-state index in [4.69, 9.17) is 11.6 Å². The first kappa shape index (κ1) is 13.8. The van der Waals surface area contributed by atoms with E-state index in [1.165, 1.54) is 10.4 Å². The van der Waals surface area contributed by atoms with Gasteiger partial charge >= 0.3 is 0 Å². The Kier molecular flexibility index (Phi) is 3.96. The molecule has 0 amide bonds. The quantitative estimate of drug-likeness (QED) is 0.831. The predicted molar refractivity (Wildman–Crippen MR) is 72.3 cm³/mol. The largest absolute Gasteiger partial charge is 0.301 e. The molecule has 0 bridgehead atoms. The summed E-state index contributed by atoms with van der Waals surface area (Å²) in [5, 5.41) is 0.443. The highest BCUT2D eigenvalue weighted by atomic mass is 35.5. The average molecular weight is 289 g/mol. The molecular formula is C12H17ClN2O2S. The number of nitrogens with zero attached hydrogens (tertiary/aromatic N) is 2. The van der Waals surface area contributed by atoms with Crippen molar-refractivity contribution in [2.45, 2.75) is 17.9 Å². The lowest BCUT2D eigenvalue weighted by molar-refractivity contribution is 0.159. The molecule has 1 aliphatic rings. The van der Waals surface area contributed by atoms with Crippen LogP contribution in [0.3, 0.4) is 0 Å². The van der Waals surface area contributed by atoms with Gasteiger partial charge in [0.15, 0.2) is 0 Å². The molecule has 1 saturated heterocycles. The van der Waals surface area contributed by atoms with Crippen LogP contribution in [0.1, 0.15) is 6.92 Å². The van der Waals surface area contributed by atoms with Gasteiger partial charge in [-0.15, -0.1) is 0 Å². The van der Waals surface area contributed by atoms with Crippen molar-refractivity contribution >= 4 is 21.6 Å². The minimum Gasteiger partial charge on any atom is -0.301 e. The van der Waals surface area contributed by atoms with E-state index in [1.54, 1.807) is 18.2 Å². The number of hydrogen-bond acceptors (Lipinski definition) is 3. The second kappa shape index (κ2) is 5.17. The Morgan fingerprint density at radius 3 is 2.67 bits per heavy atom. The van der Waals surface area contributed by atoms with Gasteiger partial charge in [-0.25, -0.2) is 8.42 Å². The summed E-state index contributed by atoms with van der Waals surface area (Å²) < 4.78 is 26.4. The standard InChI is InChI=1S/C12H17ClN2O2S/c1-10-9-15(7-6-14(10)2)18(16,17)12-5-3-4-11(13)8-12/h3-5,8,10H,6-7,9H2,1-2H3. The molecule has 18 heavy (non-hydrogen) atoms. The van der Waals surface area contributed by atoms with Crippen LogP contribution in [-0.2, 0) is 10.0 Å². The van der Waals surface area contributed by atoms with E-state index < -0.39 is 10.0 Å². The van der Waals surface area contributed by atoms with Crippen LogP contribution in [0.15, 0.2) is 29.2 Å². The Morgan fingerprint density at radius 2 is 2.06 bits per heavy atom. The second-order valence-corrected chi connectivity index (χ2v) is 7.02. The topological polar surface area (TPSA) is 40.6 Å². The van der Waals surface area contributed by atoms with Gasteiger partial charge in [0.05, 0.1) is 4.90 Å². The summed E-state index contributed by atoms with van der Waals surface area (Å²) in [6, 6.07) is 6.65. The van der Waals surface area contributed by atoms with Crippen LogP contribution in [0.25, 0.3) is 0 Å². The van der Waals surface area contributed by atoms with Crippen LogP contribution in [-0.4, -0.2) is 50.3 Å². The highest BCUT2D eigenvalue weighted by Crippen LogP contribution is 2.21. The zero-order chi connectivity index (χ0) is 13.3. The molecule has 0 aliphatic carbocycles. The summed E-state index contributed by atoms with van der Waals surface area (Å²) in [5.41, 5.74) is 0. The van der Waals surface area contributed by atoms with Crippen LogP contribution >= 0.6 is 11.6 Å². The van der Waals surface area contributed by atoms with Crippen molar-refractivity contribution in [3.8, 4) is 0 Å². The number of benzene rings is 1. The molecule has 1 fully saturated rings. The van der Waals surface area contributed by atoms with Crippen LogP contribution < -0.4 is 0 Å². The third-order valence-corrected chi connectivity index (χ3v) is 5.45. The summed E-state index contributed by atoms with van der Waals surface area (Å²) in [7, 11) is -1.41. The predicted octanol–water partition coefficient (Wildman–Crippen LogP) is 1.66. The minimum atomic E-state index is -3.42. The summed E-state index contributed by atoms with van der Waals surface area (Å²) >= 11 is 5.85. The van der Waals surface area contributed by atoms with Gasteiger partial charge in [-0.3, -0.25) is 0 Å². The van der Waals surface area contributed by atoms with Crippen molar-refractivity contribution in [2.75, 3.05) is 26.7 Å². The lowest BCUT2D eigenvalue weighted by Crippen LogP contribution is -2.51. The molecule has 6 heteroatoms. The van der Waals surface area contributed by atoms with Crippen molar-refractivity contribution in [1.82, 2.24) is 9.21 Å². The average Bonchev–Trinajstić information content (AvgIpc) is 2.32. The summed E-state index contributed by atoms with van der Waals surface area (Å²) in [6.45, 7) is 3.82. The van der Waals surface area contributed by atoms with E-state index in [0.717, 1.165) is 6.54 Å². The highest BCUT2D eigenvalue weighted by Gasteiger charge is 2.30. The van der Waals surface area contributed by atoms with Gasteiger partial charge in [-0.05, 0) is 32.2 Å². The van der Waals surface area contributed by atoms with Gasteiger partial charge in [-0.1, -0.05) is 17.7 Å². The number of sulfonamides is 1. The first-order valence-electron chi connectivity index (χ1n) is 5.87. The number of piperazine rings is 1. The van der Waals surface area contributed by atoms with E-state index >= 15 is 0 Å². The van der Waals surface area contributed by atoms with Crippen molar-refractivity contribution in [3.63, 3.8) is 0 Å². The van der Waals surface area contributed by atoms with Gasteiger partial charge in [0, 0.05) is 30.7 Å². The number of hydrogen-bond donors (Lipinski definition) is 0. The molecule has 1 aliphatic heterocycles. The molecule has 1 aromatic carbocycles. The lowest BCUT2D eigenvalue weighted by Gasteiger charge is -2.36. The van der Waals surface area contributed by atoms with E-state index in [0.29, 0.717) is 18.1 Å². The molecular weight excluding hydrogens is 272 g/mol. The van der Waals surface area contributed by atoms with Gasteiger partial charge in [0.25, 0.3) is 0 Å². The molecule has 0 radical (unpaired) electrons. The smallest absolute Gasteiger partial charge is 0.243 e. The molecule has 2 rings (SSSR count). The molecule has 1 heterocycles. The molecule has 100 valence electrons. The fourth-order valence-electron chi connectivity index (χ4n) is 2.01. The fourth-order valence-corrected chi connectivity index (χ4v) is 3.82. The molecule has 0 saturated carbocycles. The summed E-state index contributed by atoms with van der Waals surface area (Å²) in [5.74, 6) is 0. The van der Waals surface area contributed by atoms with Gasteiger partial charge in [0.2, 0.25) is 10.0 Å². The normalized spacial score (nSPS) is 23.2. The third kappa shape index (κ3) is 2.69. The first-order valence-corrected chi connectivity index (χ1v) is 7.69. The summed E-state index contributed by atoms with van der Waals surface area (Å²) in [6.07, 6.45) is 0. The maximum atomic E-state index is 12.4. The van der Waals surface area contributed by atoms with E-state index in [1.807, 2.05) is 14.0 Å². The van der Waals surface area contributed by atoms with E-state index in [-0.39, 0.29) is 10.9 Å². The van der Waals surface area contributed by atoms with Crippen LogP contribution in [0.5, 0.6) is 0 Å². The SMILES string of the molecule is CC1CN(S(=O)(=O)c2cccc(Cl)c2)CCN1C. The minimum absolute atomic E-state index is 0.229. The zero-order valence-corrected chi connectivity index (χ0v) is 12.1. The molecule has 0 N–H and O–H groups in total. The Labute approximate surface area is 113 Å². The summed E-state index contributed by atoms with van der Waals surface area (Å²) in [4.78, 5) is 2.43. The Bertz CT molecular complexity index is 533. The van der Waals surface area contributed by atoms with Crippen molar-refractivity contribution in [3.05, 3.63) is 29.3 Å². The van der Waals surface area contributed by atoms with Gasteiger partial charge in [-0.2, -0.15) is 4.31 Å². The number of rotatable bonds is 2. The van der Waals surface area contributed by atoms with Crippen LogP contribution in [0, 0.1) is 0 Å². The molecule has 0 aromatic heterocycles. The van der Waals surface area contributed by atoms with Crippen molar-refractivity contribution < 1.29 is 8.42 Å². The zero-order valence-electron chi connectivity index (χ0n) is 10.5.